The van der Waals surface area contributed by atoms with Gasteiger partial charge in [-0.3, -0.25) is 4.79 Å². The van der Waals surface area contributed by atoms with E-state index in [2.05, 4.69) is 24.1 Å². The van der Waals surface area contributed by atoms with Gasteiger partial charge in [-0.1, -0.05) is 39.0 Å². The molecule has 1 amide bonds. The average molecular weight is 292 g/mol. The molecule has 0 aliphatic rings. The molecular formula is C17H28N2O2. The highest BCUT2D eigenvalue weighted by atomic mass is 16.5. The van der Waals surface area contributed by atoms with Gasteiger partial charge in [0.2, 0.25) is 0 Å². The summed E-state index contributed by atoms with van der Waals surface area (Å²) in [6.07, 6.45) is 1.22. The summed E-state index contributed by atoms with van der Waals surface area (Å²) in [4.78, 5) is 14.5. The van der Waals surface area contributed by atoms with Crippen LogP contribution in [0.25, 0.3) is 0 Å². The number of ether oxygens (including phenoxy) is 1. The SMILES string of the molecule is CCC(Oc1ccccc1)C(=O)NCCCN(CC)CC. The highest BCUT2D eigenvalue weighted by molar-refractivity contribution is 5.81. The van der Waals surface area contributed by atoms with Gasteiger partial charge >= 0.3 is 0 Å². The quantitative estimate of drug-likeness (QED) is 0.674. The monoisotopic (exact) mass is 292 g/mol. The van der Waals surface area contributed by atoms with Crippen molar-refractivity contribution in [3.8, 4) is 5.75 Å². The smallest absolute Gasteiger partial charge is 0.261 e. The molecule has 0 aromatic heterocycles. The Morgan fingerprint density at radius 3 is 2.43 bits per heavy atom. The molecule has 1 aromatic carbocycles. The second-order valence-electron chi connectivity index (χ2n) is 5.00. The molecule has 0 saturated carbocycles. The van der Waals surface area contributed by atoms with Gasteiger partial charge in [-0.15, -0.1) is 0 Å². The maximum absolute atomic E-state index is 12.1. The van der Waals surface area contributed by atoms with Crippen molar-refractivity contribution in [3.05, 3.63) is 30.3 Å². The fraction of sp³-hybridized carbons (Fsp3) is 0.588. The highest BCUT2D eigenvalue weighted by Gasteiger charge is 2.17. The molecule has 0 radical (unpaired) electrons. The van der Waals surface area contributed by atoms with Crippen molar-refractivity contribution in [2.75, 3.05) is 26.2 Å². The van der Waals surface area contributed by atoms with Crippen molar-refractivity contribution >= 4 is 5.91 Å². The minimum absolute atomic E-state index is 0.0269. The molecule has 1 aromatic rings. The number of carbonyl (C=O) groups excluding carboxylic acids is 1. The molecule has 1 unspecified atom stereocenters. The average Bonchev–Trinajstić information content (AvgIpc) is 2.53. The van der Waals surface area contributed by atoms with Crippen LogP contribution >= 0.6 is 0 Å². The summed E-state index contributed by atoms with van der Waals surface area (Å²) in [5, 5.41) is 2.97. The van der Waals surface area contributed by atoms with Crippen LogP contribution in [-0.2, 0) is 4.79 Å². The van der Waals surface area contributed by atoms with Crippen molar-refractivity contribution in [2.45, 2.75) is 39.7 Å². The van der Waals surface area contributed by atoms with E-state index in [4.69, 9.17) is 4.74 Å². The van der Waals surface area contributed by atoms with Crippen LogP contribution in [0.2, 0.25) is 0 Å². The van der Waals surface area contributed by atoms with Gasteiger partial charge in [0, 0.05) is 6.54 Å². The highest BCUT2D eigenvalue weighted by Crippen LogP contribution is 2.12. The van der Waals surface area contributed by atoms with Gasteiger partial charge in [-0.2, -0.15) is 0 Å². The van der Waals surface area contributed by atoms with Crippen LogP contribution in [-0.4, -0.2) is 43.1 Å². The molecule has 0 aliphatic carbocycles. The summed E-state index contributed by atoms with van der Waals surface area (Å²) in [5.41, 5.74) is 0. The fourth-order valence-electron chi connectivity index (χ4n) is 2.15. The number of hydrogen-bond acceptors (Lipinski definition) is 3. The second kappa shape index (κ2) is 10.2. The number of para-hydroxylation sites is 1. The number of rotatable bonds is 10. The van der Waals surface area contributed by atoms with E-state index in [1.54, 1.807) is 0 Å². The maximum atomic E-state index is 12.1. The summed E-state index contributed by atoms with van der Waals surface area (Å²) in [6, 6.07) is 9.49. The molecule has 0 aliphatic heterocycles. The van der Waals surface area contributed by atoms with E-state index in [-0.39, 0.29) is 5.91 Å². The van der Waals surface area contributed by atoms with E-state index in [0.717, 1.165) is 31.8 Å². The minimum Gasteiger partial charge on any atom is -0.481 e. The Balaban J connectivity index is 2.31. The van der Waals surface area contributed by atoms with Gasteiger partial charge in [0.25, 0.3) is 5.91 Å². The maximum Gasteiger partial charge on any atom is 0.261 e. The lowest BCUT2D eigenvalue weighted by Crippen LogP contribution is -2.39. The third kappa shape index (κ3) is 6.63. The van der Waals surface area contributed by atoms with Gasteiger partial charge < -0.3 is 15.0 Å². The van der Waals surface area contributed by atoms with Crippen molar-refractivity contribution in [1.82, 2.24) is 10.2 Å². The van der Waals surface area contributed by atoms with Gasteiger partial charge in [0.05, 0.1) is 0 Å². The molecule has 0 saturated heterocycles. The molecule has 4 heteroatoms. The van der Waals surface area contributed by atoms with Crippen molar-refractivity contribution in [1.29, 1.82) is 0 Å². The lowest BCUT2D eigenvalue weighted by molar-refractivity contribution is -0.128. The molecule has 1 N–H and O–H groups in total. The van der Waals surface area contributed by atoms with E-state index < -0.39 is 6.10 Å². The Bertz CT molecular complexity index is 391. The Hall–Kier alpha value is -1.55. The van der Waals surface area contributed by atoms with Crippen LogP contribution in [0, 0.1) is 0 Å². The summed E-state index contributed by atoms with van der Waals surface area (Å²) in [6.45, 7) is 10.1. The second-order valence-corrected chi connectivity index (χ2v) is 5.00. The number of hydrogen-bond donors (Lipinski definition) is 1. The zero-order valence-electron chi connectivity index (χ0n) is 13.5. The molecule has 118 valence electrons. The standard InChI is InChI=1S/C17H28N2O2/c1-4-16(21-15-11-8-7-9-12-15)17(20)18-13-10-14-19(5-2)6-3/h7-9,11-12,16H,4-6,10,13-14H2,1-3H3,(H,18,20). The Morgan fingerprint density at radius 1 is 1.19 bits per heavy atom. The topological polar surface area (TPSA) is 41.6 Å². The first kappa shape index (κ1) is 17.5. The molecule has 0 fully saturated rings. The lowest BCUT2D eigenvalue weighted by atomic mass is 10.2. The van der Waals surface area contributed by atoms with Crippen molar-refractivity contribution in [2.24, 2.45) is 0 Å². The summed E-state index contributed by atoms with van der Waals surface area (Å²) in [7, 11) is 0. The van der Waals surface area contributed by atoms with E-state index in [9.17, 15) is 4.79 Å². The lowest BCUT2D eigenvalue weighted by Gasteiger charge is -2.19. The molecule has 21 heavy (non-hydrogen) atoms. The van der Waals surface area contributed by atoms with Crippen LogP contribution in [0.1, 0.15) is 33.6 Å². The molecule has 0 bridgehead atoms. The molecule has 4 nitrogen and oxygen atoms in total. The van der Waals surface area contributed by atoms with Crippen LogP contribution in [0.4, 0.5) is 0 Å². The fourth-order valence-corrected chi connectivity index (χ4v) is 2.15. The normalized spacial score (nSPS) is 12.2. The van der Waals surface area contributed by atoms with Gasteiger partial charge in [0.15, 0.2) is 6.10 Å². The third-order valence-electron chi connectivity index (χ3n) is 3.53. The molecule has 0 spiro atoms. The largest absolute Gasteiger partial charge is 0.481 e. The van der Waals surface area contributed by atoms with E-state index >= 15 is 0 Å². The zero-order chi connectivity index (χ0) is 15.5. The van der Waals surface area contributed by atoms with Crippen LogP contribution in [0.15, 0.2) is 30.3 Å². The van der Waals surface area contributed by atoms with Crippen molar-refractivity contribution in [3.63, 3.8) is 0 Å². The predicted molar refractivity (Wildman–Crippen MR) is 86.6 cm³/mol. The number of nitrogens with one attached hydrogen (secondary N) is 1. The van der Waals surface area contributed by atoms with Crippen LogP contribution in [0.3, 0.4) is 0 Å². The third-order valence-corrected chi connectivity index (χ3v) is 3.53. The molecule has 0 heterocycles. The summed E-state index contributed by atoms with van der Waals surface area (Å²) in [5.74, 6) is 0.712. The first-order chi connectivity index (χ1) is 10.2. The van der Waals surface area contributed by atoms with Gasteiger partial charge in [-0.05, 0) is 44.6 Å². The zero-order valence-corrected chi connectivity index (χ0v) is 13.5. The number of carbonyl (C=O) groups is 1. The first-order valence-electron chi connectivity index (χ1n) is 7.93. The van der Waals surface area contributed by atoms with Gasteiger partial charge in [-0.25, -0.2) is 0 Å². The summed E-state index contributed by atoms with van der Waals surface area (Å²) >= 11 is 0. The first-order valence-corrected chi connectivity index (χ1v) is 7.93. The van der Waals surface area contributed by atoms with E-state index in [1.807, 2.05) is 37.3 Å². The molecular weight excluding hydrogens is 264 g/mol. The Morgan fingerprint density at radius 2 is 1.86 bits per heavy atom. The number of benzene rings is 1. The minimum atomic E-state index is -0.416. The molecule has 1 atom stereocenters. The molecule has 1 rings (SSSR count). The Kier molecular flexibility index (Phi) is 8.51. The van der Waals surface area contributed by atoms with E-state index in [1.165, 1.54) is 0 Å². The number of nitrogens with zero attached hydrogens (tertiary/aromatic N) is 1. The van der Waals surface area contributed by atoms with E-state index in [0.29, 0.717) is 13.0 Å². The Labute approximate surface area is 128 Å². The van der Waals surface area contributed by atoms with Crippen LogP contribution in [0.5, 0.6) is 5.75 Å². The van der Waals surface area contributed by atoms with Gasteiger partial charge in [0.1, 0.15) is 5.75 Å². The van der Waals surface area contributed by atoms with Crippen LogP contribution < -0.4 is 10.1 Å². The summed E-state index contributed by atoms with van der Waals surface area (Å²) < 4.78 is 5.72. The number of amides is 1. The van der Waals surface area contributed by atoms with Crippen molar-refractivity contribution < 1.29 is 9.53 Å². The predicted octanol–water partition coefficient (Wildman–Crippen LogP) is 2.69.